The van der Waals surface area contributed by atoms with E-state index in [1.54, 1.807) is 37.1 Å². The van der Waals surface area contributed by atoms with Gasteiger partial charge in [0, 0.05) is 31.3 Å². The van der Waals surface area contributed by atoms with Crippen LogP contribution in [0.4, 0.5) is 0 Å². The Kier molecular flexibility index (Phi) is 13.3. The van der Waals surface area contributed by atoms with E-state index in [0.717, 1.165) is 6.26 Å². The molecule has 0 saturated carbocycles. The summed E-state index contributed by atoms with van der Waals surface area (Å²) in [5.74, 6) is -3.58. The maximum atomic E-state index is 12.9. The molecule has 0 aromatic rings. The Labute approximate surface area is 266 Å². The number of nitrogens with one attached hydrogen (secondary N) is 1. The number of carboxylic acids is 1. The highest BCUT2D eigenvalue weighted by Gasteiger charge is 2.49. The molecule has 3 rings (SSSR count). The summed E-state index contributed by atoms with van der Waals surface area (Å²) in [5, 5.41) is 53.3. The van der Waals surface area contributed by atoms with Crippen LogP contribution in [0.1, 0.15) is 13.8 Å². The van der Waals surface area contributed by atoms with E-state index in [4.69, 9.17) is 29.4 Å². The lowest BCUT2D eigenvalue weighted by molar-refractivity contribution is -0.348. The Morgan fingerprint density at radius 1 is 1.26 bits per heavy atom. The second-order valence-corrected chi connectivity index (χ2v) is 10.9. The molecular formula is C30H44N4O12. The smallest absolute Gasteiger partial charge is 0.337 e. The van der Waals surface area contributed by atoms with E-state index in [-0.39, 0.29) is 42.5 Å². The fraction of sp³-hybridized carbons (Fsp3) is 0.567. The van der Waals surface area contributed by atoms with Gasteiger partial charge in [-0.15, -0.1) is 6.58 Å². The van der Waals surface area contributed by atoms with Crippen LogP contribution < -0.4 is 11.1 Å². The highest BCUT2D eigenvalue weighted by molar-refractivity contribution is 5.92. The Balaban J connectivity index is 2.04. The van der Waals surface area contributed by atoms with E-state index in [1.807, 2.05) is 0 Å². The summed E-state index contributed by atoms with van der Waals surface area (Å²) < 4.78 is 28.5. The molecule has 8 N–H and O–H groups in total. The zero-order valence-corrected chi connectivity index (χ0v) is 26.2. The van der Waals surface area contributed by atoms with Gasteiger partial charge in [-0.3, -0.25) is 4.99 Å². The molecule has 1 saturated heterocycles. The average Bonchev–Trinajstić information content (AvgIpc) is 3.03. The van der Waals surface area contributed by atoms with Gasteiger partial charge in [-0.2, -0.15) is 0 Å². The van der Waals surface area contributed by atoms with Crippen LogP contribution in [0.2, 0.25) is 0 Å². The number of aliphatic carboxylic acids is 1. The van der Waals surface area contributed by atoms with Crippen molar-refractivity contribution in [3.05, 3.63) is 59.7 Å². The molecule has 3 aliphatic rings. The van der Waals surface area contributed by atoms with Gasteiger partial charge in [-0.1, -0.05) is 18.2 Å². The quantitative estimate of drug-likeness (QED) is 0.0529. The second-order valence-electron chi connectivity index (χ2n) is 10.9. The number of rotatable bonds is 13. The summed E-state index contributed by atoms with van der Waals surface area (Å²) in [5.41, 5.74) is 6.45. The van der Waals surface area contributed by atoms with Crippen LogP contribution in [0.3, 0.4) is 0 Å². The molecule has 3 heterocycles. The second kappa shape index (κ2) is 16.7. The Bertz CT molecular complexity index is 1260. The molecule has 0 unspecified atom stereocenters. The van der Waals surface area contributed by atoms with Crippen LogP contribution in [0.25, 0.3) is 0 Å². The third-order valence-corrected chi connectivity index (χ3v) is 7.53. The monoisotopic (exact) mass is 652 g/mol. The van der Waals surface area contributed by atoms with E-state index in [1.165, 1.54) is 20.2 Å². The number of carbonyl (C=O) groups is 2. The number of carbonyl (C=O) groups excluding carboxylic acids is 1. The van der Waals surface area contributed by atoms with E-state index >= 15 is 0 Å². The minimum Gasteiger partial charge on any atom is -0.478 e. The van der Waals surface area contributed by atoms with Crippen LogP contribution in [0, 0.1) is 11.8 Å². The van der Waals surface area contributed by atoms with Crippen molar-refractivity contribution in [2.75, 3.05) is 40.5 Å². The zero-order chi connectivity index (χ0) is 34.1. The Morgan fingerprint density at radius 2 is 1.98 bits per heavy atom. The van der Waals surface area contributed by atoms with Gasteiger partial charge in [-0.25, -0.2) is 9.59 Å². The first-order valence-electron chi connectivity index (χ1n) is 14.6. The highest BCUT2D eigenvalue weighted by Crippen LogP contribution is 2.37. The van der Waals surface area contributed by atoms with E-state index < -0.39 is 73.5 Å². The number of aliphatic imine (C=N–C) groups is 1. The van der Waals surface area contributed by atoms with E-state index in [2.05, 4.69) is 16.9 Å². The van der Waals surface area contributed by atoms with Crippen LogP contribution in [0.15, 0.2) is 64.7 Å². The number of hydrogen-bond donors (Lipinski definition) is 7. The number of allylic oxidation sites excluding steroid dienone is 2. The molecule has 0 bridgehead atoms. The van der Waals surface area contributed by atoms with Crippen molar-refractivity contribution in [3.63, 3.8) is 0 Å². The van der Waals surface area contributed by atoms with Crippen LogP contribution in [-0.2, 0) is 33.3 Å². The number of ether oxygens (including phenoxy) is 5. The predicted octanol–water partition coefficient (Wildman–Crippen LogP) is -1.31. The molecule has 8 atom stereocenters. The molecule has 16 nitrogen and oxygen atoms in total. The lowest BCUT2D eigenvalue weighted by atomic mass is 9.83. The topological polar surface area (TPSA) is 235 Å². The predicted molar refractivity (Wildman–Crippen MR) is 162 cm³/mol. The van der Waals surface area contributed by atoms with Crippen LogP contribution in [0.5, 0.6) is 0 Å². The average molecular weight is 653 g/mol. The normalized spacial score (nSPS) is 30.5. The van der Waals surface area contributed by atoms with Gasteiger partial charge < -0.3 is 65.2 Å². The molecular weight excluding hydrogens is 608 g/mol. The van der Waals surface area contributed by atoms with Crippen molar-refractivity contribution in [2.24, 2.45) is 22.6 Å². The number of carboxylic acid groups (broad SMARTS) is 1. The van der Waals surface area contributed by atoms with Gasteiger partial charge >= 0.3 is 11.9 Å². The number of β-amino-alcohol motifs (C(OH)–C–C–N with tert-alkyl or cyclic N) is 1. The number of methoxy groups -OCH3 is 1. The molecule has 1 fully saturated rings. The van der Waals surface area contributed by atoms with Crippen molar-refractivity contribution in [1.29, 1.82) is 0 Å². The first kappa shape index (κ1) is 36.7. The first-order chi connectivity index (χ1) is 21.9. The summed E-state index contributed by atoms with van der Waals surface area (Å²) in [6.07, 6.45) is -0.712. The maximum absolute atomic E-state index is 12.9. The summed E-state index contributed by atoms with van der Waals surface area (Å²) in [4.78, 5) is 30.5. The number of nitrogens with zero attached hydrogens (tertiary/aromatic N) is 2. The first-order valence-corrected chi connectivity index (χ1v) is 14.6. The lowest BCUT2D eigenvalue weighted by Gasteiger charge is -2.44. The number of aliphatic hydroxyl groups is 4. The molecule has 0 amide bonds. The largest absolute Gasteiger partial charge is 0.478 e. The van der Waals surface area contributed by atoms with Gasteiger partial charge in [0.1, 0.15) is 24.4 Å². The van der Waals surface area contributed by atoms with Gasteiger partial charge in [0.2, 0.25) is 6.29 Å². The summed E-state index contributed by atoms with van der Waals surface area (Å²) in [6.45, 7) is 6.61. The molecule has 0 spiro atoms. The molecule has 0 aliphatic carbocycles. The summed E-state index contributed by atoms with van der Waals surface area (Å²) in [6, 6.07) is 0. The van der Waals surface area contributed by atoms with Gasteiger partial charge in [0.05, 0.1) is 62.0 Å². The number of esters is 1. The van der Waals surface area contributed by atoms with Gasteiger partial charge in [0.25, 0.3) is 0 Å². The van der Waals surface area contributed by atoms with E-state index in [9.17, 15) is 35.1 Å². The van der Waals surface area contributed by atoms with E-state index in [0.29, 0.717) is 5.57 Å². The molecule has 3 aliphatic heterocycles. The van der Waals surface area contributed by atoms with Crippen LogP contribution in [-0.4, -0.2) is 132 Å². The standard InChI is InChI=1S/C30H44N4O12/c1-6-17-18(8-7-16-11-34(9-10-35)12-19(26(39)40)22(16)33-30(31)32-4)20(27(41)42-5)14-43-28(17)46-29-25(44-15(2)3)24(38)23(37)21(13-36)45-29/h6-8,11,14-15,17-18,21,23-25,28-29,35-38H,1,9-10,12-13H2,2-5H3,(H,39,40)(H3,31,32,33)/b8-7-/t17-,18+,21-,23-,24+,25-,28+,29+/m1/s1. The van der Waals surface area contributed by atoms with Crippen molar-refractivity contribution >= 4 is 17.9 Å². The molecule has 16 heteroatoms. The number of nitrogens with two attached hydrogens (primary N) is 1. The van der Waals surface area contributed by atoms with Crippen molar-refractivity contribution in [1.82, 2.24) is 10.2 Å². The number of hydrogen-bond acceptors (Lipinski definition) is 13. The Hall–Kier alpha value is -3.77. The number of aliphatic hydroxyl groups excluding tert-OH is 4. The SMILES string of the molecule is C=C[C@H]1[C@H](O[C@@H]2O[C@H](CO)[C@@H](O)[C@H](O)[C@H]2OC(C)C)OC=C(C(=O)OC)[C@H]1/C=C\C1=CN(CCO)CC(C(=O)O)=C1NC(N)=NC. The third kappa shape index (κ3) is 8.52. The lowest BCUT2D eigenvalue weighted by Crippen LogP contribution is -2.61. The summed E-state index contributed by atoms with van der Waals surface area (Å²) >= 11 is 0. The van der Waals surface area contributed by atoms with Gasteiger partial charge in [-0.05, 0) is 13.8 Å². The zero-order valence-electron chi connectivity index (χ0n) is 26.2. The van der Waals surface area contributed by atoms with Crippen molar-refractivity contribution < 1.29 is 58.8 Å². The van der Waals surface area contributed by atoms with Crippen LogP contribution >= 0.6 is 0 Å². The third-order valence-electron chi connectivity index (χ3n) is 7.53. The molecule has 0 aromatic carbocycles. The Morgan fingerprint density at radius 3 is 2.54 bits per heavy atom. The summed E-state index contributed by atoms with van der Waals surface area (Å²) in [7, 11) is 2.64. The minimum absolute atomic E-state index is 0.0290. The van der Waals surface area contributed by atoms with Crippen molar-refractivity contribution in [2.45, 2.75) is 56.9 Å². The highest BCUT2D eigenvalue weighted by atomic mass is 16.8. The number of guanidine groups is 1. The molecule has 0 radical (unpaired) electrons. The fourth-order valence-electron chi connectivity index (χ4n) is 5.23. The molecule has 46 heavy (non-hydrogen) atoms. The van der Waals surface area contributed by atoms with Gasteiger partial charge in [0.15, 0.2) is 12.2 Å². The minimum atomic E-state index is -1.47. The van der Waals surface area contributed by atoms with Crippen molar-refractivity contribution in [3.8, 4) is 0 Å². The maximum Gasteiger partial charge on any atom is 0.337 e. The molecule has 256 valence electrons. The molecule has 0 aromatic heterocycles. The fourth-order valence-corrected chi connectivity index (χ4v) is 5.23.